The predicted molar refractivity (Wildman–Crippen MR) is 101 cm³/mol. The molecule has 1 N–H and O–H groups in total. The van der Waals surface area contributed by atoms with Crippen LogP contribution < -0.4 is 10.1 Å². The summed E-state index contributed by atoms with van der Waals surface area (Å²) in [6.45, 7) is 1.97. The Hall–Kier alpha value is -2.87. The van der Waals surface area contributed by atoms with Crippen LogP contribution in [0.1, 0.15) is 12.0 Å². The minimum atomic E-state index is -0.0322. The fourth-order valence-electron chi connectivity index (χ4n) is 2.32. The maximum Gasteiger partial charge on any atom is 0.225 e. The summed E-state index contributed by atoms with van der Waals surface area (Å²) in [5.41, 5.74) is 2.71. The van der Waals surface area contributed by atoms with Crippen LogP contribution >= 0.6 is 11.8 Å². The number of anilines is 1. The summed E-state index contributed by atoms with van der Waals surface area (Å²) in [7, 11) is 1.62. The van der Waals surface area contributed by atoms with Crippen LogP contribution in [0.4, 0.5) is 5.69 Å². The number of ether oxygens (including phenoxy) is 1. The molecule has 26 heavy (non-hydrogen) atoms. The van der Waals surface area contributed by atoms with E-state index in [2.05, 4.69) is 20.8 Å². The summed E-state index contributed by atoms with van der Waals surface area (Å²) in [4.78, 5) is 12.1. The third-order valence-corrected chi connectivity index (χ3v) is 4.66. The van der Waals surface area contributed by atoms with Crippen LogP contribution in [0, 0.1) is 6.92 Å². The fourth-order valence-corrected chi connectivity index (χ4v) is 3.14. The van der Waals surface area contributed by atoms with Crippen LogP contribution in [-0.2, 0) is 4.79 Å². The molecule has 0 fully saturated rings. The van der Waals surface area contributed by atoms with Crippen molar-refractivity contribution in [3.05, 3.63) is 54.1 Å². The van der Waals surface area contributed by atoms with E-state index < -0.39 is 0 Å². The van der Waals surface area contributed by atoms with E-state index >= 15 is 0 Å². The normalized spacial score (nSPS) is 10.5. The first kappa shape index (κ1) is 17.9. The van der Waals surface area contributed by atoms with Gasteiger partial charge in [0.15, 0.2) is 0 Å². The van der Waals surface area contributed by atoms with Gasteiger partial charge in [-0.15, -0.1) is 5.10 Å². The monoisotopic (exact) mass is 369 g/mol. The Morgan fingerprint density at radius 1 is 1.19 bits per heavy atom. The molecule has 134 valence electrons. The molecule has 0 aliphatic rings. The summed E-state index contributed by atoms with van der Waals surface area (Å²) in [6, 6.07) is 15.2. The van der Waals surface area contributed by atoms with Crippen molar-refractivity contribution in [1.29, 1.82) is 0 Å². The van der Waals surface area contributed by atoms with Crippen molar-refractivity contribution in [2.75, 3.05) is 18.2 Å². The van der Waals surface area contributed by atoms with E-state index in [1.807, 2.05) is 55.5 Å². The van der Waals surface area contributed by atoms with Gasteiger partial charge >= 0.3 is 0 Å². The number of hydrogen-bond donors (Lipinski definition) is 1. The first-order chi connectivity index (χ1) is 12.7. The minimum Gasteiger partial charge on any atom is -0.497 e. The molecule has 1 amide bonds. The number of carbonyl (C=O) groups excluding carboxylic acids is 1. The number of thioether (sulfide) groups is 1. The number of aryl methyl sites for hydroxylation is 1. The molecule has 0 aliphatic carbocycles. The second kappa shape index (κ2) is 8.48. The van der Waals surface area contributed by atoms with E-state index in [1.54, 1.807) is 11.8 Å². The van der Waals surface area contributed by atoms with Gasteiger partial charge in [-0.25, -0.2) is 0 Å². The standard InChI is InChI=1S/C18H19N5O2S/c1-13-5-3-4-6-16(13)19-17(24)11-12-26-18-20-21-22-23(18)14-7-9-15(25-2)10-8-14/h3-10H,11-12H2,1-2H3,(H,19,24). The first-order valence-electron chi connectivity index (χ1n) is 8.08. The summed E-state index contributed by atoms with van der Waals surface area (Å²) < 4.78 is 6.80. The van der Waals surface area contributed by atoms with E-state index in [4.69, 9.17) is 4.74 Å². The first-order valence-corrected chi connectivity index (χ1v) is 9.07. The van der Waals surface area contributed by atoms with Gasteiger partial charge in [0.05, 0.1) is 12.8 Å². The number of nitrogens with zero attached hydrogens (tertiary/aromatic N) is 4. The Balaban J connectivity index is 1.56. The highest BCUT2D eigenvalue weighted by molar-refractivity contribution is 7.99. The van der Waals surface area contributed by atoms with Crippen molar-refractivity contribution in [2.45, 2.75) is 18.5 Å². The molecule has 2 aromatic carbocycles. The van der Waals surface area contributed by atoms with E-state index in [0.29, 0.717) is 17.3 Å². The van der Waals surface area contributed by atoms with Gasteiger partial charge in [-0.2, -0.15) is 4.68 Å². The number of aromatic nitrogens is 4. The van der Waals surface area contributed by atoms with Crippen LogP contribution in [0.2, 0.25) is 0 Å². The Morgan fingerprint density at radius 3 is 2.69 bits per heavy atom. The number of nitrogens with one attached hydrogen (secondary N) is 1. The second-order valence-electron chi connectivity index (χ2n) is 5.53. The molecule has 0 aliphatic heterocycles. The zero-order chi connectivity index (χ0) is 18.4. The second-order valence-corrected chi connectivity index (χ2v) is 6.59. The lowest BCUT2D eigenvalue weighted by molar-refractivity contribution is -0.115. The molecular formula is C18H19N5O2S. The maximum absolute atomic E-state index is 12.1. The van der Waals surface area contributed by atoms with Gasteiger partial charge in [-0.1, -0.05) is 30.0 Å². The molecular weight excluding hydrogens is 350 g/mol. The Labute approximate surface area is 155 Å². The van der Waals surface area contributed by atoms with E-state index in [9.17, 15) is 4.79 Å². The largest absolute Gasteiger partial charge is 0.497 e. The number of methoxy groups -OCH3 is 1. The minimum absolute atomic E-state index is 0.0322. The lowest BCUT2D eigenvalue weighted by Gasteiger charge is -2.08. The van der Waals surface area contributed by atoms with Gasteiger partial charge in [0.2, 0.25) is 11.1 Å². The molecule has 8 heteroatoms. The third kappa shape index (κ3) is 4.40. The Bertz CT molecular complexity index is 879. The molecule has 1 aromatic heterocycles. The SMILES string of the molecule is COc1ccc(-n2nnnc2SCCC(=O)Nc2ccccc2C)cc1. The lowest BCUT2D eigenvalue weighted by Crippen LogP contribution is -2.13. The van der Waals surface area contributed by atoms with Gasteiger partial charge in [-0.3, -0.25) is 4.79 Å². The average molecular weight is 369 g/mol. The predicted octanol–water partition coefficient (Wildman–Crippen LogP) is 3.10. The van der Waals surface area contributed by atoms with Crippen LogP contribution in [0.15, 0.2) is 53.7 Å². The number of carbonyl (C=O) groups is 1. The third-order valence-electron chi connectivity index (χ3n) is 3.74. The number of rotatable bonds is 7. The maximum atomic E-state index is 12.1. The average Bonchev–Trinajstić information content (AvgIpc) is 3.12. The van der Waals surface area contributed by atoms with Crippen molar-refractivity contribution in [3.8, 4) is 11.4 Å². The number of amides is 1. The van der Waals surface area contributed by atoms with Crippen LogP contribution in [0.25, 0.3) is 5.69 Å². The smallest absolute Gasteiger partial charge is 0.225 e. The van der Waals surface area contributed by atoms with Gasteiger partial charge in [0, 0.05) is 17.9 Å². The zero-order valence-electron chi connectivity index (χ0n) is 14.5. The Morgan fingerprint density at radius 2 is 1.96 bits per heavy atom. The van der Waals surface area contributed by atoms with E-state index in [-0.39, 0.29) is 5.91 Å². The van der Waals surface area contributed by atoms with Gasteiger partial charge in [-0.05, 0) is 53.2 Å². The summed E-state index contributed by atoms with van der Waals surface area (Å²) in [5.74, 6) is 1.31. The highest BCUT2D eigenvalue weighted by Crippen LogP contribution is 2.21. The number of hydrogen-bond acceptors (Lipinski definition) is 6. The molecule has 0 spiro atoms. The van der Waals surface area contributed by atoms with Crippen LogP contribution in [0.5, 0.6) is 5.75 Å². The molecule has 3 aromatic rings. The van der Waals surface area contributed by atoms with Gasteiger partial charge < -0.3 is 10.1 Å². The van der Waals surface area contributed by atoms with Crippen LogP contribution in [-0.4, -0.2) is 39.0 Å². The molecule has 0 bridgehead atoms. The number of benzene rings is 2. The van der Waals surface area contributed by atoms with Crippen molar-refractivity contribution in [1.82, 2.24) is 20.2 Å². The molecule has 0 atom stereocenters. The van der Waals surface area contributed by atoms with Gasteiger partial charge in [0.25, 0.3) is 0 Å². The summed E-state index contributed by atoms with van der Waals surface area (Å²) >= 11 is 1.44. The Kier molecular flexibility index (Phi) is 5.85. The molecule has 0 radical (unpaired) electrons. The topological polar surface area (TPSA) is 81.9 Å². The number of tetrazole rings is 1. The van der Waals surface area contributed by atoms with Crippen LogP contribution in [0.3, 0.4) is 0 Å². The molecule has 1 heterocycles. The van der Waals surface area contributed by atoms with Crippen molar-refractivity contribution in [3.63, 3.8) is 0 Å². The van der Waals surface area contributed by atoms with Gasteiger partial charge in [0.1, 0.15) is 5.75 Å². The van der Waals surface area contributed by atoms with Crippen molar-refractivity contribution in [2.24, 2.45) is 0 Å². The van der Waals surface area contributed by atoms with Crippen molar-refractivity contribution < 1.29 is 9.53 Å². The molecule has 0 saturated heterocycles. The quantitative estimate of drug-likeness (QED) is 0.645. The zero-order valence-corrected chi connectivity index (χ0v) is 15.4. The molecule has 0 unspecified atom stereocenters. The molecule has 7 nitrogen and oxygen atoms in total. The lowest BCUT2D eigenvalue weighted by atomic mass is 10.2. The van der Waals surface area contributed by atoms with E-state index in [0.717, 1.165) is 22.7 Å². The fraction of sp³-hybridized carbons (Fsp3) is 0.222. The highest BCUT2D eigenvalue weighted by Gasteiger charge is 2.11. The van der Waals surface area contributed by atoms with E-state index in [1.165, 1.54) is 11.8 Å². The number of para-hydroxylation sites is 1. The molecule has 0 saturated carbocycles. The van der Waals surface area contributed by atoms with Crippen molar-refractivity contribution >= 4 is 23.4 Å². The summed E-state index contributed by atoms with van der Waals surface area (Å²) in [6.07, 6.45) is 0.370. The molecule has 3 rings (SSSR count). The highest BCUT2D eigenvalue weighted by atomic mass is 32.2. The summed E-state index contributed by atoms with van der Waals surface area (Å²) in [5, 5.41) is 15.3.